The summed E-state index contributed by atoms with van der Waals surface area (Å²) in [7, 11) is 0. The van der Waals surface area contributed by atoms with Gasteiger partial charge in [-0.25, -0.2) is 4.39 Å². The van der Waals surface area contributed by atoms with Gasteiger partial charge in [0.15, 0.2) is 0 Å². The third kappa shape index (κ3) is 3.53. The molecule has 1 aliphatic rings. The number of benzene rings is 1. The molecule has 0 aromatic heterocycles. The third-order valence-corrected chi connectivity index (χ3v) is 3.66. The molecule has 1 aromatic rings. The number of carbonyl (C=O) groups excluding carboxylic acids is 1. The quantitative estimate of drug-likeness (QED) is 0.844. The molecular formula is C14H15F4NO2. The number of hydrogen-bond acceptors (Lipinski definition) is 2. The van der Waals surface area contributed by atoms with E-state index in [4.69, 9.17) is 0 Å². The van der Waals surface area contributed by atoms with Gasteiger partial charge in [-0.3, -0.25) is 4.79 Å². The molecule has 2 N–H and O–H groups in total. The van der Waals surface area contributed by atoms with Gasteiger partial charge in [0, 0.05) is 6.54 Å². The molecule has 0 heterocycles. The summed E-state index contributed by atoms with van der Waals surface area (Å²) in [5.41, 5.74) is -3.20. The average molecular weight is 305 g/mol. The van der Waals surface area contributed by atoms with Crippen LogP contribution in [0.2, 0.25) is 0 Å². The summed E-state index contributed by atoms with van der Waals surface area (Å²) in [4.78, 5) is 11.8. The molecule has 7 heteroatoms. The van der Waals surface area contributed by atoms with E-state index in [9.17, 15) is 27.5 Å². The highest BCUT2D eigenvalue weighted by Gasteiger charge is 2.36. The summed E-state index contributed by atoms with van der Waals surface area (Å²) in [6, 6.07) is 2.54. The maximum absolute atomic E-state index is 13.8. The Morgan fingerprint density at radius 1 is 1.29 bits per heavy atom. The van der Waals surface area contributed by atoms with Crippen molar-refractivity contribution in [2.24, 2.45) is 0 Å². The molecule has 2 rings (SSSR count). The monoisotopic (exact) mass is 305 g/mol. The smallest absolute Gasteiger partial charge is 0.388 e. The van der Waals surface area contributed by atoms with Crippen molar-refractivity contribution in [3.63, 3.8) is 0 Å². The van der Waals surface area contributed by atoms with Crippen LogP contribution in [-0.4, -0.2) is 23.2 Å². The topological polar surface area (TPSA) is 49.3 Å². The van der Waals surface area contributed by atoms with Gasteiger partial charge in [-0.2, -0.15) is 13.2 Å². The molecule has 0 saturated heterocycles. The fourth-order valence-corrected chi connectivity index (χ4v) is 2.48. The highest BCUT2D eigenvalue weighted by molar-refractivity contribution is 5.94. The van der Waals surface area contributed by atoms with Gasteiger partial charge in [0.1, 0.15) is 5.82 Å². The van der Waals surface area contributed by atoms with Gasteiger partial charge >= 0.3 is 6.18 Å². The van der Waals surface area contributed by atoms with Crippen LogP contribution >= 0.6 is 0 Å². The van der Waals surface area contributed by atoms with E-state index in [-0.39, 0.29) is 6.54 Å². The first-order valence-corrected chi connectivity index (χ1v) is 6.59. The normalized spacial score (nSPS) is 17.8. The van der Waals surface area contributed by atoms with Crippen LogP contribution in [0.15, 0.2) is 18.2 Å². The number of aliphatic hydroxyl groups is 1. The molecule has 0 spiro atoms. The first-order chi connectivity index (χ1) is 9.73. The lowest BCUT2D eigenvalue weighted by Gasteiger charge is -2.22. The number of hydrogen-bond donors (Lipinski definition) is 2. The number of amides is 1. The van der Waals surface area contributed by atoms with Crippen LogP contribution in [0.5, 0.6) is 0 Å². The molecule has 21 heavy (non-hydrogen) atoms. The maximum Gasteiger partial charge on any atom is 0.419 e. The molecule has 1 amide bonds. The number of carbonyl (C=O) groups is 1. The molecule has 3 nitrogen and oxygen atoms in total. The second-order valence-electron chi connectivity index (χ2n) is 5.28. The molecular weight excluding hydrogens is 290 g/mol. The Kier molecular flexibility index (Phi) is 4.22. The van der Waals surface area contributed by atoms with Crippen LogP contribution in [0.25, 0.3) is 0 Å². The van der Waals surface area contributed by atoms with E-state index in [0.717, 1.165) is 25.0 Å². The zero-order valence-corrected chi connectivity index (χ0v) is 11.1. The summed E-state index contributed by atoms with van der Waals surface area (Å²) in [5.74, 6) is -2.56. The summed E-state index contributed by atoms with van der Waals surface area (Å²) in [6.07, 6.45) is -2.19. The fraction of sp³-hybridized carbons (Fsp3) is 0.500. The van der Waals surface area contributed by atoms with Crippen molar-refractivity contribution in [2.75, 3.05) is 6.54 Å². The Labute approximate surface area is 119 Å². The molecule has 0 bridgehead atoms. The lowest BCUT2D eigenvalue weighted by molar-refractivity contribution is -0.140. The SMILES string of the molecule is O=C(NCC1(O)CCCC1)c1cccc(C(F)(F)F)c1F. The predicted molar refractivity (Wildman–Crippen MR) is 67.2 cm³/mol. The Hall–Kier alpha value is -1.63. The maximum atomic E-state index is 13.8. The molecule has 1 aromatic carbocycles. The second kappa shape index (κ2) is 5.63. The fourth-order valence-electron chi connectivity index (χ4n) is 2.48. The Morgan fingerprint density at radius 3 is 2.48 bits per heavy atom. The standard InChI is InChI=1S/C14H15F4NO2/c15-11-9(4-3-5-10(11)14(16,17)18)12(20)19-8-13(21)6-1-2-7-13/h3-5,21H,1-2,6-8H2,(H,19,20). The minimum atomic E-state index is -4.86. The van der Waals surface area contributed by atoms with Gasteiger partial charge in [-0.15, -0.1) is 0 Å². The van der Waals surface area contributed by atoms with Crippen LogP contribution in [0, 0.1) is 5.82 Å². The highest BCUT2D eigenvalue weighted by Crippen LogP contribution is 2.32. The highest BCUT2D eigenvalue weighted by atomic mass is 19.4. The van der Waals surface area contributed by atoms with Gasteiger partial charge < -0.3 is 10.4 Å². The van der Waals surface area contributed by atoms with E-state index < -0.39 is 34.6 Å². The van der Waals surface area contributed by atoms with Crippen LogP contribution in [0.1, 0.15) is 41.6 Å². The van der Waals surface area contributed by atoms with Crippen LogP contribution in [0.4, 0.5) is 17.6 Å². The number of alkyl halides is 3. The number of nitrogens with one attached hydrogen (secondary N) is 1. The zero-order valence-electron chi connectivity index (χ0n) is 11.1. The Balaban J connectivity index is 2.13. The van der Waals surface area contributed by atoms with Crippen molar-refractivity contribution < 1.29 is 27.5 Å². The summed E-state index contributed by atoms with van der Waals surface area (Å²) in [6.45, 7) is -0.0957. The van der Waals surface area contributed by atoms with Crippen molar-refractivity contribution in [1.29, 1.82) is 0 Å². The van der Waals surface area contributed by atoms with Gasteiger partial charge in [0.2, 0.25) is 0 Å². The van der Waals surface area contributed by atoms with E-state index >= 15 is 0 Å². The lowest BCUT2D eigenvalue weighted by atomic mass is 10.0. The summed E-state index contributed by atoms with van der Waals surface area (Å²) in [5, 5.41) is 12.4. The molecule has 1 aliphatic carbocycles. The van der Waals surface area contributed by atoms with E-state index in [0.29, 0.717) is 18.9 Å². The lowest BCUT2D eigenvalue weighted by Crippen LogP contribution is -2.41. The van der Waals surface area contributed by atoms with Gasteiger partial charge in [-0.05, 0) is 25.0 Å². The van der Waals surface area contributed by atoms with E-state index in [1.54, 1.807) is 0 Å². The number of halogens is 4. The second-order valence-corrected chi connectivity index (χ2v) is 5.28. The van der Waals surface area contributed by atoms with Crippen LogP contribution < -0.4 is 5.32 Å². The van der Waals surface area contributed by atoms with E-state index in [2.05, 4.69) is 5.32 Å². The number of rotatable bonds is 3. The molecule has 0 radical (unpaired) electrons. The molecule has 1 saturated carbocycles. The zero-order chi connectivity index (χ0) is 15.7. The minimum absolute atomic E-state index is 0.0957. The first-order valence-electron chi connectivity index (χ1n) is 6.59. The van der Waals surface area contributed by atoms with Crippen molar-refractivity contribution in [1.82, 2.24) is 5.32 Å². The predicted octanol–water partition coefficient (Wildman–Crippen LogP) is 2.88. The average Bonchev–Trinajstić information content (AvgIpc) is 2.82. The third-order valence-electron chi connectivity index (χ3n) is 3.66. The molecule has 0 aliphatic heterocycles. The summed E-state index contributed by atoms with van der Waals surface area (Å²) < 4.78 is 51.5. The van der Waals surface area contributed by atoms with Crippen LogP contribution in [-0.2, 0) is 6.18 Å². The minimum Gasteiger partial charge on any atom is -0.388 e. The largest absolute Gasteiger partial charge is 0.419 e. The molecule has 1 fully saturated rings. The van der Waals surface area contributed by atoms with Crippen molar-refractivity contribution in [3.8, 4) is 0 Å². The van der Waals surface area contributed by atoms with E-state index in [1.165, 1.54) is 0 Å². The van der Waals surface area contributed by atoms with Crippen molar-refractivity contribution >= 4 is 5.91 Å². The van der Waals surface area contributed by atoms with Crippen molar-refractivity contribution in [2.45, 2.75) is 37.5 Å². The Morgan fingerprint density at radius 2 is 1.90 bits per heavy atom. The first kappa shape index (κ1) is 15.8. The van der Waals surface area contributed by atoms with Gasteiger partial charge in [-0.1, -0.05) is 18.9 Å². The summed E-state index contributed by atoms with van der Waals surface area (Å²) >= 11 is 0. The molecule has 0 atom stereocenters. The van der Waals surface area contributed by atoms with Gasteiger partial charge in [0.25, 0.3) is 5.91 Å². The molecule has 0 unspecified atom stereocenters. The van der Waals surface area contributed by atoms with E-state index in [1.807, 2.05) is 0 Å². The molecule has 116 valence electrons. The van der Waals surface area contributed by atoms with Gasteiger partial charge in [0.05, 0.1) is 16.7 Å². The Bertz CT molecular complexity index is 536. The van der Waals surface area contributed by atoms with Crippen LogP contribution in [0.3, 0.4) is 0 Å². The van der Waals surface area contributed by atoms with Crippen molar-refractivity contribution in [3.05, 3.63) is 35.1 Å².